The topological polar surface area (TPSA) is 75.0 Å². The summed E-state index contributed by atoms with van der Waals surface area (Å²) in [5.41, 5.74) is 2.32. The van der Waals surface area contributed by atoms with Gasteiger partial charge in [0, 0.05) is 37.4 Å². The zero-order valence-corrected chi connectivity index (χ0v) is 22.4. The summed E-state index contributed by atoms with van der Waals surface area (Å²) in [6, 6.07) is 6.96. The lowest BCUT2D eigenvalue weighted by Gasteiger charge is -2.20. The van der Waals surface area contributed by atoms with E-state index < -0.39 is 11.6 Å². The van der Waals surface area contributed by atoms with Crippen LogP contribution >= 0.6 is 0 Å². The fourth-order valence-electron chi connectivity index (χ4n) is 5.15. The molecule has 5 rings (SSSR count). The van der Waals surface area contributed by atoms with Crippen molar-refractivity contribution < 1.29 is 8.78 Å². The summed E-state index contributed by atoms with van der Waals surface area (Å²) in [6.07, 6.45) is 4.10. The molecule has 0 atom stereocenters. The molecule has 1 N–H and O–H groups in total. The molecular weight excluding hydrogens is 486 g/mol. The van der Waals surface area contributed by atoms with Crippen molar-refractivity contribution in [1.82, 2.24) is 34.3 Å². The van der Waals surface area contributed by atoms with Crippen LogP contribution in [0.2, 0.25) is 0 Å². The minimum Gasteiger partial charge on any atom is -0.326 e. The number of imidazole rings is 1. The van der Waals surface area contributed by atoms with E-state index in [-0.39, 0.29) is 23.2 Å². The van der Waals surface area contributed by atoms with Crippen molar-refractivity contribution in [3.8, 4) is 11.3 Å². The summed E-state index contributed by atoms with van der Waals surface area (Å²) in [4.78, 5) is 22.2. The predicted octanol–water partition coefficient (Wildman–Crippen LogP) is 5.33. The molecule has 200 valence electrons. The van der Waals surface area contributed by atoms with Gasteiger partial charge in [-0.1, -0.05) is 13.0 Å². The maximum atomic E-state index is 15.0. The zero-order chi connectivity index (χ0) is 26.8. The number of pyridine rings is 1. The van der Waals surface area contributed by atoms with Crippen LogP contribution in [0.15, 0.2) is 36.7 Å². The maximum Gasteiger partial charge on any atom is 0.229 e. The highest BCUT2D eigenvalue weighted by molar-refractivity contribution is 5.83. The van der Waals surface area contributed by atoms with Gasteiger partial charge >= 0.3 is 0 Å². The standard InChI is InChI=1S/C28H34F2N8/c1-5-36-9-6-10-37(12-11-36)17-20-7-8-25(31-15-20)34-28-32-16-23(30)26(35-28)21-13-22(29)27-24(14-21)38(18(2)3)19(4)33-27/h7-8,13-16,18H,5-6,9-12,17H2,1-4H3,(H,31,32,34,35). The van der Waals surface area contributed by atoms with E-state index in [1.165, 1.54) is 12.5 Å². The van der Waals surface area contributed by atoms with Gasteiger partial charge in [-0.25, -0.2) is 28.7 Å². The molecule has 4 aromatic rings. The van der Waals surface area contributed by atoms with Gasteiger partial charge in [-0.3, -0.25) is 4.90 Å². The lowest BCUT2D eigenvalue weighted by atomic mass is 10.1. The van der Waals surface area contributed by atoms with Gasteiger partial charge in [0.15, 0.2) is 11.6 Å². The van der Waals surface area contributed by atoms with E-state index in [0.717, 1.165) is 51.0 Å². The minimum atomic E-state index is -0.635. The Balaban J connectivity index is 1.34. The highest BCUT2D eigenvalue weighted by atomic mass is 19.1. The molecule has 0 aliphatic carbocycles. The molecule has 3 aromatic heterocycles. The molecule has 0 radical (unpaired) electrons. The summed E-state index contributed by atoms with van der Waals surface area (Å²) in [7, 11) is 0. The van der Waals surface area contributed by atoms with Gasteiger partial charge in [0.1, 0.15) is 22.9 Å². The van der Waals surface area contributed by atoms with Crippen molar-refractivity contribution in [3.63, 3.8) is 0 Å². The van der Waals surface area contributed by atoms with Crippen LogP contribution < -0.4 is 5.32 Å². The van der Waals surface area contributed by atoms with E-state index in [9.17, 15) is 8.78 Å². The first-order chi connectivity index (χ1) is 18.3. The summed E-state index contributed by atoms with van der Waals surface area (Å²) in [6.45, 7) is 14.3. The fourth-order valence-corrected chi connectivity index (χ4v) is 5.15. The number of fused-ring (bicyclic) bond motifs is 1. The average Bonchev–Trinajstić information content (AvgIpc) is 3.08. The average molecular weight is 521 g/mol. The van der Waals surface area contributed by atoms with Gasteiger partial charge in [-0.2, -0.15) is 0 Å². The van der Waals surface area contributed by atoms with Crippen LogP contribution in [0.1, 0.15) is 44.6 Å². The van der Waals surface area contributed by atoms with Crippen LogP contribution in [0.4, 0.5) is 20.5 Å². The number of nitrogens with zero attached hydrogens (tertiary/aromatic N) is 7. The fraction of sp³-hybridized carbons (Fsp3) is 0.429. The highest BCUT2D eigenvalue weighted by Gasteiger charge is 2.19. The van der Waals surface area contributed by atoms with Gasteiger partial charge in [0.2, 0.25) is 5.95 Å². The molecule has 4 heterocycles. The van der Waals surface area contributed by atoms with Gasteiger partial charge in [0.25, 0.3) is 0 Å². The SMILES string of the molecule is CCN1CCCN(Cc2ccc(Nc3ncc(F)c(-c4cc(F)c5nc(C)n(C(C)C)c5c4)n3)nc2)CC1. The van der Waals surface area contributed by atoms with E-state index in [2.05, 4.69) is 42.0 Å². The molecule has 8 nitrogen and oxygen atoms in total. The molecule has 0 bridgehead atoms. The summed E-state index contributed by atoms with van der Waals surface area (Å²) >= 11 is 0. The molecule has 1 aliphatic rings. The quantitative estimate of drug-likeness (QED) is 0.353. The van der Waals surface area contributed by atoms with Crippen molar-refractivity contribution in [2.45, 2.75) is 46.7 Å². The van der Waals surface area contributed by atoms with Gasteiger partial charge < -0.3 is 14.8 Å². The number of hydrogen-bond acceptors (Lipinski definition) is 7. The van der Waals surface area contributed by atoms with E-state index in [4.69, 9.17) is 0 Å². The van der Waals surface area contributed by atoms with Crippen molar-refractivity contribution in [2.75, 3.05) is 38.0 Å². The van der Waals surface area contributed by atoms with Crippen LogP contribution in [0.3, 0.4) is 0 Å². The van der Waals surface area contributed by atoms with Crippen LogP contribution in [0.25, 0.3) is 22.3 Å². The van der Waals surface area contributed by atoms with Crippen LogP contribution in [0.5, 0.6) is 0 Å². The number of rotatable bonds is 7. The third-order valence-corrected chi connectivity index (χ3v) is 7.06. The third kappa shape index (κ3) is 5.51. The summed E-state index contributed by atoms with van der Waals surface area (Å²) in [5.74, 6) is 0.280. The molecule has 10 heteroatoms. The van der Waals surface area contributed by atoms with Crippen LogP contribution in [-0.4, -0.2) is 67.0 Å². The van der Waals surface area contributed by atoms with Crippen molar-refractivity contribution in [1.29, 1.82) is 0 Å². The van der Waals surface area contributed by atoms with Crippen LogP contribution in [-0.2, 0) is 6.54 Å². The second-order valence-corrected chi connectivity index (χ2v) is 10.1. The van der Waals surface area contributed by atoms with Crippen LogP contribution in [0, 0.1) is 18.6 Å². The second-order valence-electron chi connectivity index (χ2n) is 10.1. The number of hydrogen-bond donors (Lipinski definition) is 1. The molecule has 0 amide bonds. The van der Waals surface area contributed by atoms with E-state index >= 15 is 0 Å². The Bertz CT molecular complexity index is 1420. The smallest absolute Gasteiger partial charge is 0.229 e. The lowest BCUT2D eigenvalue weighted by molar-refractivity contribution is 0.257. The first-order valence-electron chi connectivity index (χ1n) is 13.2. The minimum absolute atomic E-state index is 0.0105. The normalized spacial score (nSPS) is 15.3. The molecule has 0 unspecified atom stereocenters. The van der Waals surface area contributed by atoms with Gasteiger partial charge in [-0.05, 0) is 70.6 Å². The number of anilines is 2. The second kappa shape index (κ2) is 11.1. The van der Waals surface area contributed by atoms with E-state index in [1.54, 1.807) is 6.07 Å². The van der Waals surface area contributed by atoms with Crippen molar-refractivity contribution in [3.05, 3.63) is 59.7 Å². The third-order valence-electron chi connectivity index (χ3n) is 7.06. The Morgan fingerprint density at radius 2 is 1.74 bits per heavy atom. The largest absolute Gasteiger partial charge is 0.326 e. The molecule has 0 saturated carbocycles. The molecule has 1 aromatic carbocycles. The number of benzene rings is 1. The molecule has 38 heavy (non-hydrogen) atoms. The zero-order valence-electron chi connectivity index (χ0n) is 22.4. The van der Waals surface area contributed by atoms with E-state index in [1.807, 2.05) is 43.7 Å². The van der Waals surface area contributed by atoms with Crippen molar-refractivity contribution in [2.24, 2.45) is 0 Å². The molecule has 1 fully saturated rings. The number of aromatic nitrogens is 5. The number of nitrogens with one attached hydrogen (secondary N) is 1. The number of aryl methyl sites for hydroxylation is 1. The number of halogens is 2. The van der Waals surface area contributed by atoms with E-state index in [0.29, 0.717) is 22.7 Å². The molecular formula is C28H34F2N8. The molecule has 1 saturated heterocycles. The highest BCUT2D eigenvalue weighted by Crippen LogP contribution is 2.30. The Labute approximate surface area is 221 Å². The first kappa shape index (κ1) is 26.1. The lowest BCUT2D eigenvalue weighted by Crippen LogP contribution is -2.30. The summed E-state index contributed by atoms with van der Waals surface area (Å²) < 4.78 is 31.7. The summed E-state index contributed by atoms with van der Waals surface area (Å²) in [5, 5.41) is 3.05. The van der Waals surface area contributed by atoms with Gasteiger partial charge in [-0.15, -0.1) is 0 Å². The Hall–Kier alpha value is -3.50. The predicted molar refractivity (Wildman–Crippen MR) is 145 cm³/mol. The Morgan fingerprint density at radius 3 is 2.47 bits per heavy atom. The molecule has 1 aliphatic heterocycles. The first-order valence-corrected chi connectivity index (χ1v) is 13.2. The molecule has 0 spiro atoms. The number of likely N-dealkylation sites (N-methyl/N-ethyl adjacent to an activating group) is 1. The Morgan fingerprint density at radius 1 is 0.947 bits per heavy atom. The van der Waals surface area contributed by atoms with Gasteiger partial charge in [0.05, 0.1) is 11.7 Å². The monoisotopic (exact) mass is 520 g/mol. The maximum absolute atomic E-state index is 15.0. The Kier molecular flexibility index (Phi) is 7.62. The van der Waals surface area contributed by atoms with Crippen molar-refractivity contribution >= 4 is 22.8 Å².